The van der Waals surface area contributed by atoms with Gasteiger partial charge in [0.05, 0.1) is 16.1 Å². The van der Waals surface area contributed by atoms with Crippen molar-refractivity contribution >= 4 is 44.2 Å². The van der Waals surface area contributed by atoms with Crippen LogP contribution < -0.4 is 9.80 Å². The number of hydrogen-bond donors (Lipinski definition) is 0. The van der Waals surface area contributed by atoms with Gasteiger partial charge in [-0.1, -0.05) is 17.4 Å². The fourth-order valence-corrected chi connectivity index (χ4v) is 5.20. The average molecular weight is 469 g/mol. The van der Waals surface area contributed by atoms with E-state index in [-0.39, 0.29) is 30.6 Å². The first-order valence-electron chi connectivity index (χ1n) is 11.1. The standard InChI is InChI=1S/C25H29FN4O2S/c1-16-6-11-21-23(17(16)2)27-25(33-21)29(13-5-12-28(3)4)24(32)18-14-22(31)30(15-18)20-9-7-19(26)8-10-20/h6-11,18H,5,12-15H2,1-4H3. The summed E-state index contributed by atoms with van der Waals surface area (Å²) in [6.45, 7) is 5.78. The fourth-order valence-electron chi connectivity index (χ4n) is 4.14. The lowest BCUT2D eigenvalue weighted by Crippen LogP contribution is -2.39. The number of carbonyl (C=O) groups is 2. The van der Waals surface area contributed by atoms with Crippen molar-refractivity contribution < 1.29 is 14.0 Å². The van der Waals surface area contributed by atoms with E-state index in [1.165, 1.54) is 29.0 Å². The van der Waals surface area contributed by atoms with Gasteiger partial charge in [0, 0.05) is 25.2 Å². The molecule has 1 fully saturated rings. The number of aromatic nitrogens is 1. The highest BCUT2D eigenvalue weighted by atomic mass is 32.1. The summed E-state index contributed by atoms with van der Waals surface area (Å²) in [5.74, 6) is -1.02. The van der Waals surface area contributed by atoms with Gasteiger partial charge in [-0.25, -0.2) is 9.37 Å². The molecule has 1 atom stereocenters. The van der Waals surface area contributed by atoms with E-state index in [1.54, 1.807) is 21.9 Å². The predicted molar refractivity (Wildman–Crippen MR) is 131 cm³/mol. The second-order valence-corrected chi connectivity index (χ2v) is 9.89. The zero-order chi connectivity index (χ0) is 23.7. The van der Waals surface area contributed by atoms with E-state index in [4.69, 9.17) is 4.98 Å². The number of fused-ring (bicyclic) bond motifs is 1. The van der Waals surface area contributed by atoms with Gasteiger partial charge in [0.25, 0.3) is 0 Å². The van der Waals surface area contributed by atoms with Gasteiger partial charge >= 0.3 is 0 Å². The Balaban J connectivity index is 1.60. The van der Waals surface area contributed by atoms with E-state index in [0.717, 1.165) is 28.7 Å². The molecular formula is C25H29FN4O2S. The molecule has 0 spiro atoms. The van der Waals surface area contributed by atoms with Gasteiger partial charge in [0.2, 0.25) is 11.8 Å². The lowest BCUT2D eigenvalue weighted by molar-refractivity contribution is -0.124. The summed E-state index contributed by atoms with van der Waals surface area (Å²) in [6.07, 6.45) is 0.943. The van der Waals surface area contributed by atoms with Gasteiger partial charge in [0.15, 0.2) is 5.13 Å². The van der Waals surface area contributed by atoms with Crippen LogP contribution in [0.3, 0.4) is 0 Å². The quantitative estimate of drug-likeness (QED) is 0.516. The Morgan fingerprint density at radius 2 is 1.88 bits per heavy atom. The van der Waals surface area contributed by atoms with Crippen LogP contribution in [0.25, 0.3) is 10.2 Å². The lowest BCUT2D eigenvalue weighted by Gasteiger charge is -2.24. The van der Waals surface area contributed by atoms with Gasteiger partial charge < -0.3 is 9.80 Å². The molecule has 1 unspecified atom stereocenters. The van der Waals surface area contributed by atoms with Crippen LogP contribution in [-0.2, 0) is 9.59 Å². The van der Waals surface area contributed by atoms with E-state index in [2.05, 4.69) is 30.9 Å². The molecule has 0 radical (unpaired) electrons. The molecule has 2 aromatic carbocycles. The molecule has 2 amide bonds. The minimum Gasteiger partial charge on any atom is -0.312 e. The monoisotopic (exact) mass is 468 g/mol. The second-order valence-electron chi connectivity index (χ2n) is 8.88. The molecule has 0 bridgehead atoms. The van der Waals surface area contributed by atoms with E-state index >= 15 is 0 Å². The highest BCUT2D eigenvalue weighted by Gasteiger charge is 2.38. The van der Waals surface area contributed by atoms with Crippen LogP contribution in [0.4, 0.5) is 15.2 Å². The van der Waals surface area contributed by atoms with Crippen molar-refractivity contribution in [2.24, 2.45) is 5.92 Å². The maximum absolute atomic E-state index is 13.7. The average Bonchev–Trinajstić information content (AvgIpc) is 3.38. The van der Waals surface area contributed by atoms with E-state index < -0.39 is 5.92 Å². The van der Waals surface area contributed by atoms with Crippen molar-refractivity contribution in [1.82, 2.24) is 9.88 Å². The highest BCUT2D eigenvalue weighted by molar-refractivity contribution is 7.22. The maximum Gasteiger partial charge on any atom is 0.234 e. The number of benzene rings is 2. The highest BCUT2D eigenvalue weighted by Crippen LogP contribution is 2.34. The molecule has 1 aliphatic heterocycles. The molecule has 174 valence electrons. The zero-order valence-corrected chi connectivity index (χ0v) is 20.3. The number of rotatable bonds is 7. The number of halogens is 1. The number of nitrogens with zero attached hydrogens (tertiary/aromatic N) is 4. The van der Waals surface area contributed by atoms with Gasteiger partial charge in [-0.05, 0) is 82.4 Å². The van der Waals surface area contributed by atoms with Gasteiger partial charge in [-0.15, -0.1) is 0 Å². The maximum atomic E-state index is 13.7. The van der Waals surface area contributed by atoms with Crippen LogP contribution in [-0.4, -0.2) is 55.4 Å². The van der Waals surface area contributed by atoms with Gasteiger partial charge in [-0.2, -0.15) is 0 Å². The SMILES string of the molecule is Cc1ccc2sc(N(CCCN(C)C)C(=O)C3CC(=O)N(c4ccc(F)cc4)C3)nc2c1C. The van der Waals surface area contributed by atoms with Crippen molar-refractivity contribution in [3.63, 3.8) is 0 Å². The number of thiazole rings is 1. The molecule has 3 aromatic rings. The summed E-state index contributed by atoms with van der Waals surface area (Å²) in [7, 11) is 4.01. The molecule has 1 aromatic heterocycles. The predicted octanol–water partition coefficient (Wildman–Crippen LogP) is 4.39. The summed E-state index contributed by atoms with van der Waals surface area (Å²) in [4.78, 5) is 36.6. The van der Waals surface area contributed by atoms with Crippen molar-refractivity contribution in [1.29, 1.82) is 0 Å². The van der Waals surface area contributed by atoms with E-state index in [9.17, 15) is 14.0 Å². The van der Waals surface area contributed by atoms with E-state index in [0.29, 0.717) is 17.4 Å². The molecule has 1 saturated heterocycles. The molecule has 0 aliphatic carbocycles. The molecule has 8 heteroatoms. The minimum absolute atomic E-state index is 0.0832. The van der Waals surface area contributed by atoms with Crippen molar-refractivity contribution in [3.05, 3.63) is 53.3 Å². The number of aryl methyl sites for hydroxylation is 2. The topological polar surface area (TPSA) is 56.8 Å². The van der Waals surface area contributed by atoms with Crippen LogP contribution in [0.5, 0.6) is 0 Å². The summed E-state index contributed by atoms with van der Waals surface area (Å²) in [5.41, 5.74) is 3.83. The summed E-state index contributed by atoms with van der Waals surface area (Å²) in [6, 6.07) is 9.94. The van der Waals surface area contributed by atoms with Crippen LogP contribution >= 0.6 is 11.3 Å². The van der Waals surface area contributed by atoms with Crippen molar-refractivity contribution in [2.45, 2.75) is 26.7 Å². The van der Waals surface area contributed by atoms with Crippen LogP contribution in [0.2, 0.25) is 0 Å². The van der Waals surface area contributed by atoms with E-state index in [1.807, 2.05) is 14.1 Å². The van der Waals surface area contributed by atoms with Gasteiger partial charge in [-0.3, -0.25) is 14.5 Å². The molecule has 6 nitrogen and oxygen atoms in total. The number of hydrogen-bond acceptors (Lipinski definition) is 5. The van der Waals surface area contributed by atoms with Crippen molar-refractivity contribution in [2.75, 3.05) is 43.5 Å². The molecule has 0 N–H and O–H groups in total. The molecule has 0 saturated carbocycles. The Labute approximate surface area is 197 Å². The number of amides is 2. The summed E-state index contributed by atoms with van der Waals surface area (Å²) >= 11 is 1.51. The zero-order valence-electron chi connectivity index (χ0n) is 19.5. The Kier molecular flexibility index (Phi) is 6.76. The van der Waals surface area contributed by atoms with Crippen molar-refractivity contribution in [3.8, 4) is 0 Å². The molecule has 4 rings (SSSR count). The number of carbonyl (C=O) groups excluding carboxylic acids is 2. The largest absolute Gasteiger partial charge is 0.312 e. The first-order chi connectivity index (χ1) is 15.7. The summed E-state index contributed by atoms with van der Waals surface area (Å²) < 4.78 is 14.4. The molecule has 1 aliphatic rings. The van der Waals surface area contributed by atoms with Crippen LogP contribution in [0.15, 0.2) is 36.4 Å². The van der Waals surface area contributed by atoms with Crippen LogP contribution in [0.1, 0.15) is 24.0 Å². The smallest absolute Gasteiger partial charge is 0.234 e. The molecule has 2 heterocycles. The third-order valence-corrected chi connectivity index (χ3v) is 7.21. The molecule has 33 heavy (non-hydrogen) atoms. The first kappa shape index (κ1) is 23.3. The Hall–Kier alpha value is -2.84. The third kappa shape index (κ3) is 4.91. The summed E-state index contributed by atoms with van der Waals surface area (Å²) in [5, 5.41) is 0.676. The minimum atomic E-state index is -0.461. The lowest BCUT2D eigenvalue weighted by atomic mass is 10.1. The fraction of sp³-hybridized carbons (Fsp3) is 0.400. The normalized spacial score (nSPS) is 16.2. The third-order valence-electron chi connectivity index (χ3n) is 6.17. The Morgan fingerprint density at radius 1 is 1.15 bits per heavy atom. The Morgan fingerprint density at radius 3 is 2.58 bits per heavy atom. The Bertz CT molecular complexity index is 1180. The second kappa shape index (κ2) is 9.57. The first-order valence-corrected chi connectivity index (χ1v) is 11.9. The molecular weight excluding hydrogens is 439 g/mol. The number of anilines is 2. The van der Waals surface area contributed by atoms with Gasteiger partial charge in [0.1, 0.15) is 5.82 Å². The van der Waals surface area contributed by atoms with Crippen LogP contribution in [0, 0.1) is 25.6 Å².